The highest BCUT2D eigenvalue weighted by Crippen LogP contribution is 2.26. The van der Waals surface area contributed by atoms with Crippen molar-refractivity contribution in [2.75, 3.05) is 18.1 Å². The van der Waals surface area contributed by atoms with E-state index in [-0.39, 0.29) is 5.97 Å². The maximum absolute atomic E-state index is 11.6. The van der Waals surface area contributed by atoms with Crippen LogP contribution >= 0.6 is 0 Å². The Bertz CT molecular complexity index is 430. The number of carbonyl (C=O) groups is 1. The van der Waals surface area contributed by atoms with Gasteiger partial charge in [-0.1, -0.05) is 6.92 Å². The Morgan fingerprint density at radius 3 is 2.84 bits per heavy atom. The Morgan fingerprint density at radius 2 is 2.26 bits per heavy atom. The van der Waals surface area contributed by atoms with Gasteiger partial charge in [0.1, 0.15) is 5.82 Å². The molecule has 2 heterocycles. The van der Waals surface area contributed by atoms with Crippen LogP contribution in [0.5, 0.6) is 0 Å². The van der Waals surface area contributed by atoms with Gasteiger partial charge in [-0.2, -0.15) is 0 Å². The van der Waals surface area contributed by atoms with Crippen LogP contribution in [0.15, 0.2) is 18.3 Å². The predicted octanol–water partition coefficient (Wildman–Crippen LogP) is 2.88. The molecule has 1 aliphatic heterocycles. The highest BCUT2D eigenvalue weighted by molar-refractivity contribution is 5.89. The maximum atomic E-state index is 11.6. The molecule has 4 heteroatoms. The molecule has 1 aliphatic rings. The molecule has 0 bridgehead atoms. The van der Waals surface area contributed by atoms with Crippen molar-refractivity contribution in [3.05, 3.63) is 23.9 Å². The molecule has 0 aromatic carbocycles. The summed E-state index contributed by atoms with van der Waals surface area (Å²) in [6.07, 6.45) is 4.00. The van der Waals surface area contributed by atoms with E-state index in [1.165, 1.54) is 12.8 Å². The van der Waals surface area contributed by atoms with Crippen molar-refractivity contribution in [1.29, 1.82) is 0 Å². The van der Waals surface area contributed by atoms with Gasteiger partial charge in [0.05, 0.1) is 12.2 Å². The van der Waals surface area contributed by atoms with Gasteiger partial charge in [-0.05, 0) is 44.7 Å². The van der Waals surface area contributed by atoms with Crippen molar-refractivity contribution in [3.8, 4) is 0 Å². The van der Waals surface area contributed by atoms with E-state index in [9.17, 15) is 4.79 Å². The topological polar surface area (TPSA) is 42.4 Å². The van der Waals surface area contributed by atoms with E-state index >= 15 is 0 Å². The van der Waals surface area contributed by atoms with Gasteiger partial charge >= 0.3 is 5.97 Å². The Hall–Kier alpha value is -1.58. The number of hydrogen-bond donors (Lipinski definition) is 0. The number of hydrogen-bond acceptors (Lipinski definition) is 4. The molecule has 19 heavy (non-hydrogen) atoms. The van der Waals surface area contributed by atoms with Gasteiger partial charge < -0.3 is 9.64 Å². The SMILES string of the molecule is CCOC(=O)c1ccc(N2CCC(C)CC2C)nc1. The molecule has 1 aromatic rings. The molecular formula is C15H22N2O2. The van der Waals surface area contributed by atoms with Crippen LogP contribution in [0.4, 0.5) is 5.82 Å². The summed E-state index contributed by atoms with van der Waals surface area (Å²) in [6, 6.07) is 4.22. The molecule has 0 radical (unpaired) electrons. The Balaban J connectivity index is 2.08. The van der Waals surface area contributed by atoms with Crippen LogP contribution in [0.2, 0.25) is 0 Å². The van der Waals surface area contributed by atoms with Crippen LogP contribution < -0.4 is 4.90 Å². The monoisotopic (exact) mass is 262 g/mol. The lowest BCUT2D eigenvalue weighted by atomic mass is 9.93. The number of anilines is 1. The summed E-state index contributed by atoms with van der Waals surface area (Å²) in [6.45, 7) is 7.76. The largest absolute Gasteiger partial charge is 0.462 e. The average molecular weight is 262 g/mol. The molecule has 2 atom stereocenters. The number of aromatic nitrogens is 1. The molecule has 0 saturated carbocycles. The number of carbonyl (C=O) groups excluding carboxylic acids is 1. The van der Waals surface area contributed by atoms with E-state index in [0.717, 1.165) is 18.3 Å². The number of piperidine rings is 1. The quantitative estimate of drug-likeness (QED) is 0.786. The number of nitrogens with zero attached hydrogens (tertiary/aromatic N) is 2. The van der Waals surface area contributed by atoms with Gasteiger partial charge in [-0.15, -0.1) is 0 Å². The van der Waals surface area contributed by atoms with Gasteiger partial charge in [0.2, 0.25) is 0 Å². The van der Waals surface area contributed by atoms with E-state index < -0.39 is 0 Å². The fourth-order valence-corrected chi connectivity index (χ4v) is 2.64. The third-order valence-electron chi connectivity index (χ3n) is 3.69. The smallest absolute Gasteiger partial charge is 0.339 e. The van der Waals surface area contributed by atoms with E-state index in [4.69, 9.17) is 4.74 Å². The van der Waals surface area contributed by atoms with Crippen molar-refractivity contribution in [2.24, 2.45) is 5.92 Å². The lowest BCUT2D eigenvalue weighted by Crippen LogP contribution is -2.40. The molecule has 2 unspecified atom stereocenters. The Kier molecular flexibility index (Phi) is 4.40. The zero-order chi connectivity index (χ0) is 13.8. The standard InChI is InChI=1S/C15H22N2O2/c1-4-19-15(18)13-5-6-14(16-10-13)17-8-7-11(2)9-12(17)3/h5-6,10-12H,4,7-9H2,1-3H3. The molecule has 4 nitrogen and oxygen atoms in total. The molecular weight excluding hydrogens is 240 g/mol. The predicted molar refractivity (Wildman–Crippen MR) is 75.4 cm³/mol. The third kappa shape index (κ3) is 3.25. The second kappa shape index (κ2) is 6.04. The summed E-state index contributed by atoms with van der Waals surface area (Å²) in [7, 11) is 0. The molecule has 2 rings (SSSR count). The minimum Gasteiger partial charge on any atom is -0.462 e. The van der Waals surface area contributed by atoms with Crippen LogP contribution in [0.25, 0.3) is 0 Å². The first-order valence-corrected chi connectivity index (χ1v) is 7.01. The van der Waals surface area contributed by atoms with Crippen molar-refractivity contribution in [1.82, 2.24) is 4.98 Å². The second-order valence-corrected chi connectivity index (χ2v) is 5.30. The molecule has 1 fully saturated rings. The minimum absolute atomic E-state index is 0.304. The van der Waals surface area contributed by atoms with Gasteiger partial charge in [0.15, 0.2) is 0 Å². The van der Waals surface area contributed by atoms with Crippen molar-refractivity contribution < 1.29 is 9.53 Å². The van der Waals surface area contributed by atoms with Crippen molar-refractivity contribution in [2.45, 2.75) is 39.7 Å². The lowest BCUT2D eigenvalue weighted by Gasteiger charge is -2.37. The summed E-state index contributed by atoms with van der Waals surface area (Å²) >= 11 is 0. The van der Waals surface area contributed by atoms with Crippen molar-refractivity contribution >= 4 is 11.8 Å². The van der Waals surface area contributed by atoms with E-state index in [0.29, 0.717) is 18.2 Å². The lowest BCUT2D eigenvalue weighted by molar-refractivity contribution is 0.0526. The van der Waals surface area contributed by atoms with Crippen LogP contribution in [-0.4, -0.2) is 30.1 Å². The maximum Gasteiger partial charge on any atom is 0.339 e. The number of esters is 1. The third-order valence-corrected chi connectivity index (χ3v) is 3.69. The summed E-state index contributed by atoms with van der Waals surface area (Å²) in [5, 5.41) is 0. The van der Waals surface area contributed by atoms with Gasteiger partial charge in [0, 0.05) is 18.8 Å². The molecule has 1 saturated heterocycles. The van der Waals surface area contributed by atoms with Gasteiger partial charge in [-0.25, -0.2) is 9.78 Å². The normalized spacial score (nSPS) is 23.2. The first-order valence-electron chi connectivity index (χ1n) is 7.01. The average Bonchev–Trinajstić information content (AvgIpc) is 2.39. The summed E-state index contributed by atoms with van der Waals surface area (Å²) in [4.78, 5) is 18.3. The summed E-state index contributed by atoms with van der Waals surface area (Å²) in [5.41, 5.74) is 0.517. The first kappa shape index (κ1) is 13.8. The number of rotatable bonds is 3. The van der Waals surface area contributed by atoms with Gasteiger partial charge in [0.25, 0.3) is 0 Å². The highest BCUT2D eigenvalue weighted by atomic mass is 16.5. The van der Waals surface area contributed by atoms with Crippen LogP contribution in [0.3, 0.4) is 0 Å². The second-order valence-electron chi connectivity index (χ2n) is 5.30. The molecule has 1 aromatic heterocycles. The van der Waals surface area contributed by atoms with E-state index in [1.54, 1.807) is 19.2 Å². The molecule has 0 amide bonds. The summed E-state index contributed by atoms with van der Waals surface area (Å²) < 4.78 is 4.96. The zero-order valence-corrected chi connectivity index (χ0v) is 11.9. The summed E-state index contributed by atoms with van der Waals surface area (Å²) in [5.74, 6) is 1.43. The van der Waals surface area contributed by atoms with Crippen LogP contribution in [-0.2, 0) is 4.74 Å². The highest BCUT2D eigenvalue weighted by Gasteiger charge is 2.23. The zero-order valence-electron chi connectivity index (χ0n) is 11.9. The van der Waals surface area contributed by atoms with Crippen molar-refractivity contribution in [3.63, 3.8) is 0 Å². The van der Waals surface area contributed by atoms with Crippen LogP contribution in [0.1, 0.15) is 44.0 Å². The van der Waals surface area contributed by atoms with Crippen LogP contribution in [0, 0.1) is 5.92 Å². The Morgan fingerprint density at radius 1 is 1.47 bits per heavy atom. The van der Waals surface area contributed by atoms with E-state index in [1.807, 2.05) is 6.07 Å². The Labute approximate surface area is 114 Å². The number of ether oxygens (including phenoxy) is 1. The van der Waals surface area contributed by atoms with E-state index in [2.05, 4.69) is 23.7 Å². The fraction of sp³-hybridized carbons (Fsp3) is 0.600. The minimum atomic E-state index is -0.304. The first-order chi connectivity index (χ1) is 9.11. The molecule has 0 aliphatic carbocycles. The number of pyridine rings is 1. The molecule has 0 N–H and O–H groups in total. The van der Waals surface area contributed by atoms with Gasteiger partial charge in [-0.3, -0.25) is 0 Å². The molecule has 104 valence electrons. The molecule has 0 spiro atoms. The fourth-order valence-electron chi connectivity index (χ4n) is 2.64.